The van der Waals surface area contributed by atoms with Crippen molar-refractivity contribution in [1.82, 2.24) is 9.78 Å². The van der Waals surface area contributed by atoms with Gasteiger partial charge in [0.15, 0.2) is 0 Å². The predicted octanol–water partition coefficient (Wildman–Crippen LogP) is 5.36. The van der Waals surface area contributed by atoms with Crippen LogP contribution in [0.25, 0.3) is 0 Å². The second-order valence-electron chi connectivity index (χ2n) is 5.85. The van der Waals surface area contributed by atoms with E-state index in [-0.39, 0.29) is 5.69 Å². The lowest BCUT2D eigenvalue weighted by molar-refractivity contribution is -0.136. The molecule has 0 radical (unpaired) electrons. The number of aromatic nitrogens is 2. The summed E-state index contributed by atoms with van der Waals surface area (Å²) in [5.74, 6) is 0. The van der Waals surface area contributed by atoms with Gasteiger partial charge in [-0.3, -0.25) is 5.43 Å². The van der Waals surface area contributed by atoms with Crippen molar-refractivity contribution in [1.29, 1.82) is 0 Å². The number of nitrogens with zero attached hydrogens (tertiary/aromatic N) is 3. The van der Waals surface area contributed by atoms with Gasteiger partial charge in [0, 0.05) is 0 Å². The predicted molar refractivity (Wildman–Crippen MR) is 100 cm³/mol. The molecule has 27 heavy (non-hydrogen) atoms. The summed E-state index contributed by atoms with van der Waals surface area (Å²) in [7, 11) is 0. The number of anilines is 1. The molecular formula is C19H16ClF3N4. The lowest BCUT2D eigenvalue weighted by Crippen LogP contribution is -2.08. The Bertz CT molecular complexity index is 949. The summed E-state index contributed by atoms with van der Waals surface area (Å²) in [6, 6.07) is 14.8. The van der Waals surface area contributed by atoms with Crippen molar-refractivity contribution in [3.63, 3.8) is 0 Å². The molecule has 0 aliphatic carbocycles. The smallest absolute Gasteiger partial charge is 0.278 e. The van der Waals surface area contributed by atoms with Crippen LogP contribution in [0.3, 0.4) is 0 Å². The van der Waals surface area contributed by atoms with E-state index >= 15 is 0 Å². The van der Waals surface area contributed by atoms with Crippen LogP contribution in [-0.2, 0) is 12.7 Å². The minimum atomic E-state index is -4.47. The largest absolute Gasteiger partial charge is 0.418 e. The molecule has 2 aromatic carbocycles. The number of hydrazone groups is 1. The first kappa shape index (κ1) is 19.0. The molecule has 0 amide bonds. The standard InChI is InChI=1S/C19H16ClF3N4/c1-13-15(18(20)27(26-13)12-14-7-3-2-4-8-14)11-24-25-17-10-6-5-9-16(17)19(21,22)23/h2-11,25H,12H2,1H3/b24-11+. The van der Waals surface area contributed by atoms with Crippen LogP contribution in [-0.4, -0.2) is 16.0 Å². The van der Waals surface area contributed by atoms with Gasteiger partial charge in [0.1, 0.15) is 5.15 Å². The topological polar surface area (TPSA) is 42.2 Å². The second kappa shape index (κ2) is 7.84. The third kappa shape index (κ3) is 4.49. The molecule has 3 rings (SSSR count). The van der Waals surface area contributed by atoms with Crippen molar-refractivity contribution in [2.45, 2.75) is 19.6 Å². The monoisotopic (exact) mass is 392 g/mol. The lowest BCUT2D eigenvalue weighted by Gasteiger charge is -2.11. The molecule has 0 aliphatic rings. The summed E-state index contributed by atoms with van der Waals surface area (Å²) in [5.41, 5.74) is 3.72. The first-order valence-corrected chi connectivity index (χ1v) is 8.46. The lowest BCUT2D eigenvalue weighted by atomic mass is 10.2. The molecule has 0 atom stereocenters. The van der Waals surface area contributed by atoms with Crippen molar-refractivity contribution >= 4 is 23.5 Å². The summed E-state index contributed by atoms with van der Waals surface area (Å²) in [6.07, 6.45) is -3.09. The average Bonchev–Trinajstić information content (AvgIpc) is 2.89. The zero-order valence-electron chi connectivity index (χ0n) is 14.3. The molecule has 0 unspecified atom stereocenters. The van der Waals surface area contributed by atoms with E-state index in [4.69, 9.17) is 11.6 Å². The summed E-state index contributed by atoms with van der Waals surface area (Å²) in [5, 5.41) is 8.66. The van der Waals surface area contributed by atoms with Gasteiger partial charge < -0.3 is 0 Å². The van der Waals surface area contributed by atoms with E-state index in [0.29, 0.717) is 23.0 Å². The number of rotatable bonds is 5. The highest BCUT2D eigenvalue weighted by atomic mass is 35.5. The molecule has 8 heteroatoms. The summed E-state index contributed by atoms with van der Waals surface area (Å²) < 4.78 is 40.7. The number of para-hydroxylation sites is 1. The van der Waals surface area contributed by atoms with E-state index in [1.807, 2.05) is 30.3 Å². The number of halogens is 4. The minimum Gasteiger partial charge on any atom is -0.278 e. The highest BCUT2D eigenvalue weighted by molar-refractivity contribution is 6.32. The van der Waals surface area contributed by atoms with E-state index in [0.717, 1.165) is 11.6 Å². The third-order valence-electron chi connectivity index (χ3n) is 3.90. The first-order chi connectivity index (χ1) is 12.9. The van der Waals surface area contributed by atoms with E-state index < -0.39 is 11.7 Å². The van der Waals surface area contributed by atoms with Crippen LogP contribution in [0.5, 0.6) is 0 Å². The second-order valence-corrected chi connectivity index (χ2v) is 6.20. The van der Waals surface area contributed by atoms with Crippen LogP contribution in [0.1, 0.15) is 22.4 Å². The van der Waals surface area contributed by atoms with Crippen LogP contribution in [0, 0.1) is 6.92 Å². The van der Waals surface area contributed by atoms with Gasteiger partial charge in [0.2, 0.25) is 0 Å². The first-order valence-electron chi connectivity index (χ1n) is 8.08. The molecule has 0 saturated heterocycles. The van der Waals surface area contributed by atoms with Crippen LogP contribution in [0.2, 0.25) is 5.15 Å². The molecule has 3 aromatic rings. The zero-order chi connectivity index (χ0) is 19.4. The summed E-state index contributed by atoms with van der Waals surface area (Å²) in [4.78, 5) is 0. The molecular weight excluding hydrogens is 377 g/mol. The van der Waals surface area contributed by atoms with Gasteiger partial charge in [0.25, 0.3) is 0 Å². The quantitative estimate of drug-likeness (QED) is 0.469. The van der Waals surface area contributed by atoms with E-state index in [1.165, 1.54) is 24.4 Å². The number of hydrogen-bond acceptors (Lipinski definition) is 3. The Kier molecular flexibility index (Phi) is 5.51. The Hall–Kier alpha value is -2.80. The maximum absolute atomic E-state index is 13.0. The normalized spacial score (nSPS) is 11.9. The highest BCUT2D eigenvalue weighted by Crippen LogP contribution is 2.34. The van der Waals surface area contributed by atoms with Gasteiger partial charge in [0.05, 0.1) is 35.3 Å². The number of nitrogens with one attached hydrogen (secondary N) is 1. The molecule has 0 saturated carbocycles. The Morgan fingerprint density at radius 3 is 2.48 bits per heavy atom. The number of aryl methyl sites for hydroxylation is 1. The fraction of sp³-hybridized carbons (Fsp3) is 0.158. The molecule has 0 spiro atoms. The molecule has 0 bridgehead atoms. The molecule has 140 valence electrons. The van der Waals surface area contributed by atoms with Crippen molar-refractivity contribution in [2.24, 2.45) is 5.10 Å². The molecule has 4 nitrogen and oxygen atoms in total. The molecule has 0 aliphatic heterocycles. The Balaban J connectivity index is 1.79. The van der Waals surface area contributed by atoms with Gasteiger partial charge in [-0.25, -0.2) is 4.68 Å². The van der Waals surface area contributed by atoms with Gasteiger partial charge in [-0.05, 0) is 24.6 Å². The summed E-state index contributed by atoms with van der Waals surface area (Å²) in [6.45, 7) is 2.25. The zero-order valence-corrected chi connectivity index (χ0v) is 15.1. The van der Waals surface area contributed by atoms with Gasteiger partial charge >= 0.3 is 6.18 Å². The molecule has 0 fully saturated rings. The van der Waals surface area contributed by atoms with Crippen molar-refractivity contribution in [3.8, 4) is 0 Å². The number of benzene rings is 2. The number of hydrogen-bond donors (Lipinski definition) is 1. The SMILES string of the molecule is Cc1nn(Cc2ccccc2)c(Cl)c1/C=N/Nc1ccccc1C(F)(F)F. The maximum atomic E-state index is 13.0. The number of alkyl halides is 3. The highest BCUT2D eigenvalue weighted by Gasteiger charge is 2.33. The van der Waals surface area contributed by atoms with Crippen LogP contribution in [0.4, 0.5) is 18.9 Å². The van der Waals surface area contributed by atoms with E-state index in [1.54, 1.807) is 11.6 Å². The van der Waals surface area contributed by atoms with Crippen molar-refractivity contribution < 1.29 is 13.2 Å². The fourth-order valence-corrected chi connectivity index (χ4v) is 2.85. The van der Waals surface area contributed by atoms with Crippen LogP contribution in [0.15, 0.2) is 59.7 Å². The minimum absolute atomic E-state index is 0.133. The van der Waals surface area contributed by atoms with E-state index in [9.17, 15) is 13.2 Å². The third-order valence-corrected chi connectivity index (χ3v) is 4.29. The molecule has 1 heterocycles. The fourth-order valence-electron chi connectivity index (χ4n) is 2.57. The van der Waals surface area contributed by atoms with Crippen LogP contribution >= 0.6 is 11.6 Å². The van der Waals surface area contributed by atoms with Crippen molar-refractivity contribution in [3.05, 3.63) is 82.1 Å². The Labute approximate surface area is 159 Å². The van der Waals surface area contributed by atoms with Gasteiger partial charge in [-0.1, -0.05) is 54.1 Å². The van der Waals surface area contributed by atoms with Crippen LogP contribution < -0.4 is 5.43 Å². The van der Waals surface area contributed by atoms with E-state index in [2.05, 4.69) is 15.6 Å². The molecule has 1 aromatic heterocycles. The Morgan fingerprint density at radius 2 is 1.78 bits per heavy atom. The van der Waals surface area contributed by atoms with Crippen molar-refractivity contribution in [2.75, 3.05) is 5.43 Å². The molecule has 1 N–H and O–H groups in total. The maximum Gasteiger partial charge on any atom is 0.418 e. The Morgan fingerprint density at radius 1 is 1.11 bits per heavy atom. The average molecular weight is 393 g/mol. The van der Waals surface area contributed by atoms with Gasteiger partial charge in [-0.2, -0.15) is 23.4 Å². The summed E-state index contributed by atoms with van der Waals surface area (Å²) >= 11 is 6.37. The van der Waals surface area contributed by atoms with Gasteiger partial charge in [-0.15, -0.1) is 0 Å².